The monoisotopic (exact) mass is 518 g/mol. The fourth-order valence-corrected chi connectivity index (χ4v) is 5.16. The summed E-state index contributed by atoms with van der Waals surface area (Å²) >= 11 is 6.11. The molecule has 190 valence electrons. The van der Waals surface area contributed by atoms with Gasteiger partial charge < -0.3 is 15.5 Å². The second-order valence-electron chi connectivity index (χ2n) is 9.43. The maximum absolute atomic E-state index is 13.2. The number of rotatable bonds is 7. The lowest BCUT2D eigenvalue weighted by Crippen LogP contribution is -2.42. The van der Waals surface area contributed by atoms with Gasteiger partial charge >= 0.3 is 5.97 Å². The number of phenolic OH excluding ortho intramolecular Hbond substituents is 1. The summed E-state index contributed by atoms with van der Waals surface area (Å²) in [6.07, 6.45) is 8.79. The second-order valence-corrected chi connectivity index (χ2v) is 9.86. The highest BCUT2D eigenvalue weighted by Gasteiger charge is 2.27. The zero-order valence-electron chi connectivity index (χ0n) is 20.1. The fraction of sp³-hybridized carbons (Fsp3) is 0.286. The average Bonchev–Trinajstić information content (AvgIpc) is 3.34. The molecule has 2 aromatic carbocycles. The Bertz CT molecular complexity index is 1430. The van der Waals surface area contributed by atoms with Crippen LogP contribution >= 0.6 is 11.6 Å². The van der Waals surface area contributed by atoms with E-state index in [1.807, 2.05) is 24.3 Å². The minimum atomic E-state index is -1.15. The Morgan fingerprint density at radius 2 is 1.73 bits per heavy atom. The quantitative estimate of drug-likeness (QED) is 0.308. The van der Waals surface area contributed by atoms with E-state index in [9.17, 15) is 19.8 Å². The first-order valence-corrected chi connectivity index (χ1v) is 12.7. The molecular weight excluding hydrogens is 492 g/mol. The lowest BCUT2D eigenvalue weighted by molar-refractivity contribution is -0.139. The molecule has 0 aliphatic heterocycles. The molecule has 0 bridgehead atoms. The second kappa shape index (κ2) is 10.6. The van der Waals surface area contributed by atoms with Crippen LogP contribution in [-0.4, -0.2) is 42.7 Å². The van der Waals surface area contributed by atoms with Crippen molar-refractivity contribution in [1.29, 1.82) is 0 Å². The molecule has 0 unspecified atom stereocenters. The van der Waals surface area contributed by atoms with Crippen LogP contribution in [-0.2, 0) is 11.2 Å². The number of carboxylic acid groups (broad SMARTS) is 1. The summed E-state index contributed by atoms with van der Waals surface area (Å²) in [6, 6.07) is 12.7. The number of fused-ring (bicyclic) bond motifs is 1. The minimum absolute atomic E-state index is 0.0715. The van der Waals surface area contributed by atoms with E-state index >= 15 is 0 Å². The third kappa shape index (κ3) is 5.29. The van der Waals surface area contributed by atoms with Crippen molar-refractivity contribution >= 4 is 29.1 Å². The molecule has 3 N–H and O–H groups in total. The standard InChI is InChI=1S/C28H27ClN4O4/c29-20-10-8-18(9-11-20)22-15-30-26-23(16-31-33(26)25(22)19-4-2-1-3-5-19)27(35)32-24(28(36)37)14-17-6-12-21(34)13-7-17/h6-13,15-16,19,24,34H,1-5,14H2,(H,32,35)(H,36,37)/t24-/m0/s1. The van der Waals surface area contributed by atoms with Crippen molar-refractivity contribution in [1.82, 2.24) is 19.9 Å². The minimum Gasteiger partial charge on any atom is -0.508 e. The molecule has 1 aliphatic rings. The summed E-state index contributed by atoms with van der Waals surface area (Å²) in [5.74, 6) is -1.35. The van der Waals surface area contributed by atoms with Crippen molar-refractivity contribution in [2.45, 2.75) is 50.5 Å². The largest absolute Gasteiger partial charge is 0.508 e. The number of benzene rings is 2. The Hall–Kier alpha value is -3.91. The van der Waals surface area contributed by atoms with Crippen molar-refractivity contribution < 1.29 is 19.8 Å². The van der Waals surface area contributed by atoms with E-state index in [1.165, 1.54) is 24.8 Å². The highest BCUT2D eigenvalue weighted by molar-refractivity contribution is 6.30. The van der Waals surface area contributed by atoms with Gasteiger partial charge in [0.05, 0.1) is 11.9 Å². The number of hydrogen-bond donors (Lipinski definition) is 3. The number of carbonyl (C=O) groups excluding carboxylic acids is 1. The maximum Gasteiger partial charge on any atom is 0.326 e. The van der Waals surface area contributed by atoms with E-state index in [-0.39, 0.29) is 23.7 Å². The molecule has 5 rings (SSSR count). The number of aromatic nitrogens is 3. The predicted octanol–water partition coefficient (Wildman–Crippen LogP) is 5.23. The number of aromatic hydroxyl groups is 1. The van der Waals surface area contributed by atoms with Crippen molar-refractivity contribution in [3.05, 3.63) is 82.8 Å². The summed E-state index contributed by atoms with van der Waals surface area (Å²) in [5.41, 5.74) is 4.21. The van der Waals surface area contributed by atoms with Crippen LogP contribution in [0.25, 0.3) is 16.8 Å². The summed E-state index contributed by atoms with van der Waals surface area (Å²) in [5, 5.41) is 27.0. The van der Waals surface area contributed by atoms with Crippen LogP contribution in [0.2, 0.25) is 5.02 Å². The van der Waals surface area contributed by atoms with Gasteiger partial charge in [0.2, 0.25) is 0 Å². The molecule has 1 saturated carbocycles. The third-order valence-electron chi connectivity index (χ3n) is 6.94. The Morgan fingerprint density at radius 1 is 1.03 bits per heavy atom. The molecule has 2 aromatic heterocycles. The zero-order chi connectivity index (χ0) is 25.9. The highest BCUT2D eigenvalue weighted by Crippen LogP contribution is 2.38. The van der Waals surface area contributed by atoms with Gasteiger partial charge in [-0.3, -0.25) is 4.79 Å². The van der Waals surface area contributed by atoms with E-state index < -0.39 is 17.9 Å². The summed E-state index contributed by atoms with van der Waals surface area (Å²) in [6.45, 7) is 0. The van der Waals surface area contributed by atoms with Crippen LogP contribution < -0.4 is 5.32 Å². The number of carboxylic acids is 1. The first-order chi connectivity index (χ1) is 17.9. The van der Waals surface area contributed by atoms with Crippen molar-refractivity contribution in [3.63, 3.8) is 0 Å². The smallest absolute Gasteiger partial charge is 0.326 e. The van der Waals surface area contributed by atoms with Crippen LogP contribution in [0.15, 0.2) is 60.9 Å². The van der Waals surface area contributed by atoms with Gasteiger partial charge in [0.25, 0.3) is 5.91 Å². The molecule has 1 amide bonds. The van der Waals surface area contributed by atoms with Gasteiger partial charge in [-0.15, -0.1) is 0 Å². The van der Waals surface area contributed by atoms with Crippen molar-refractivity contribution in [2.24, 2.45) is 0 Å². The van der Waals surface area contributed by atoms with Gasteiger partial charge in [-0.1, -0.05) is 55.1 Å². The van der Waals surface area contributed by atoms with Gasteiger partial charge in [0, 0.05) is 29.1 Å². The molecule has 9 heteroatoms. The molecule has 37 heavy (non-hydrogen) atoms. The molecule has 1 aliphatic carbocycles. The van der Waals surface area contributed by atoms with Crippen LogP contribution in [0.5, 0.6) is 5.75 Å². The normalized spacial score (nSPS) is 14.9. The summed E-state index contributed by atoms with van der Waals surface area (Å²) in [4.78, 5) is 29.7. The van der Waals surface area contributed by atoms with E-state index in [0.29, 0.717) is 16.2 Å². The average molecular weight is 519 g/mol. The van der Waals surface area contributed by atoms with Gasteiger partial charge in [-0.05, 0) is 48.2 Å². The number of halogens is 1. The van der Waals surface area contributed by atoms with E-state index in [0.717, 1.165) is 42.5 Å². The van der Waals surface area contributed by atoms with E-state index in [2.05, 4.69) is 15.4 Å². The van der Waals surface area contributed by atoms with Crippen molar-refractivity contribution in [2.75, 3.05) is 0 Å². The number of aliphatic carboxylic acids is 1. The molecule has 2 heterocycles. The topological polar surface area (TPSA) is 117 Å². The van der Waals surface area contributed by atoms with Crippen molar-refractivity contribution in [3.8, 4) is 16.9 Å². The SMILES string of the molecule is O=C(N[C@@H](Cc1ccc(O)cc1)C(=O)O)c1cnn2c(C3CCCCC3)c(-c3ccc(Cl)cc3)cnc12. The highest BCUT2D eigenvalue weighted by atomic mass is 35.5. The molecule has 8 nitrogen and oxygen atoms in total. The Labute approximate surface area is 218 Å². The molecule has 4 aromatic rings. The fourth-order valence-electron chi connectivity index (χ4n) is 5.03. The summed E-state index contributed by atoms with van der Waals surface area (Å²) in [7, 11) is 0. The lowest BCUT2D eigenvalue weighted by Gasteiger charge is -2.25. The van der Waals surface area contributed by atoms with Crippen LogP contribution in [0.1, 0.15) is 59.6 Å². The van der Waals surface area contributed by atoms with Crippen LogP contribution in [0, 0.1) is 0 Å². The maximum atomic E-state index is 13.2. The summed E-state index contributed by atoms with van der Waals surface area (Å²) < 4.78 is 1.74. The Balaban J connectivity index is 1.49. The number of nitrogens with zero attached hydrogens (tertiary/aromatic N) is 3. The van der Waals surface area contributed by atoms with Gasteiger partial charge in [-0.25, -0.2) is 14.3 Å². The number of carbonyl (C=O) groups is 2. The molecular formula is C28H27ClN4O4. The van der Waals surface area contributed by atoms with E-state index in [1.54, 1.807) is 22.8 Å². The Kier molecular flexibility index (Phi) is 7.10. The van der Waals surface area contributed by atoms with Crippen LogP contribution in [0.3, 0.4) is 0 Å². The van der Waals surface area contributed by atoms with Gasteiger partial charge in [0.15, 0.2) is 5.65 Å². The zero-order valence-corrected chi connectivity index (χ0v) is 20.9. The third-order valence-corrected chi connectivity index (χ3v) is 7.19. The Morgan fingerprint density at radius 3 is 2.41 bits per heavy atom. The van der Waals surface area contributed by atoms with Crippen LogP contribution in [0.4, 0.5) is 0 Å². The number of nitrogens with one attached hydrogen (secondary N) is 1. The van der Waals surface area contributed by atoms with Gasteiger partial charge in [-0.2, -0.15) is 5.10 Å². The van der Waals surface area contributed by atoms with Gasteiger partial charge in [0.1, 0.15) is 17.4 Å². The number of amides is 1. The molecule has 0 spiro atoms. The molecule has 0 radical (unpaired) electrons. The number of phenols is 1. The predicted molar refractivity (Wildman–Crippen MR) is 140 cm³/mol. The number of hydrogen-bond acceptors (Lipinski definition) is 5. The molecule has 1 fully saturated rings. The first-order valence-electron chi connectivity index (χ1n) is 12.3. The molecule has 0 saturated heterocycles. The first kappa shape index (κ1) is 24.8. The molecule has 1 atom stereocenters. The van der Waals surface area contributed by atoms with E-state index in [4.69, 9.17) is 11.6 Å². The lowest BCUT2D eigenvalue weighted by atomic mass is 9.84.